The van der Waals surface area contributed by atoms with Crippen molar-refractivity contribution in [2.45, 2.75) is 44.0 Å². The second kappa shape index (κ2) is 2.86. The van der Waals surface area contributed by atoms with Crippen molar-refractivity contribution in [3.05, 3.63) is 0 Å². The molecule has 9 heavy (non-hydrogen) atoms. The zero-order chi connectivity index (χ0) is 6.10. The Labute approximate surface area is 65.7 Å². The molecule has 0 aliphatic carbocycles. The Bertz CT molecular complexity index is 88.7. The fourth-order valence-corrected chi connectivity index (χ4v) is 11.4. The standard InChI is InChI=1S/C8H15.Zr/c1-3-5-7-8-6-4-2;/h7H,1-6,8H2;. The molecule has 0 saturated carbocycles. The summed E-state index contributed by atoms with van der Waals surface area (Å²) in [6.45, 7) is 0. The van der Waals surface area contributed by atoms with Crippen molar-refractivity contribution in [1.29, 1.82) is 0 Å². The zero-order valence-electron chi connectivity index (χ0n) is 6.03. The summed E-state index contributed by atoms with van der Waals surface area (Å²) in [4.78, 5) is 0. The molecule has 1 unspecified atom stereocenters. The summed E-state index contributed by atoms with van der Waals surface area (Å²) in [5, 5.41) is 0. The second-order valence-corrected chi connectivity index (χ2v) is 11.2. The first-order valence-corrected chi connectivity index (χ1v) is 9.21. The summed E-state index contributed by atoms with van der Waals surface area (Å²) in [6.07, 6.45) is 8.11. The minimum absolute atomic E-state index is 0.610. The van der Waals surface area contributed by atoms with Crippen molar-refractivity contribution in [3.8, 4) is 0 Å². The summed E-state index contributed by atoms with van der Waals surface area (Å²) in [7, 11) is 0. The van der Waals surface area contributed by atoms with Gasteiger partial charge in [-0.2, -0.15) is 0 Å². The summed E-state index contributed by atoms with van der Waals surface area (Å²) in [5.74, 6) is 0. The summed E-state index contributed by atoms with van der Waals surface area (Å²) in [5.41, 5.74) is 0. The number of hydrogen-bond acceptors (Lipinski definition) is 0. The Balaban J connectivity index is 1.97. The van der Waals surface area contributed by atoms with Gasteiger partial charge < -0.3 is 0 Å². The van der Waals surface area contributed by atoms with Crippen LogP contribution in [0.3, 0.4) is 0 Å². The van der Waals surface area contributed by atoms with Crippen molar-refractivity contribution >= 4 is 0 Å². The van der Waals surface area contributed by atoms with Gasteiger partial charge in [-0.05, 0) is 0 Å². The van der Waals surface area contributed by atoms with E-state index in [1.807, 2.05) is 0 Å². The van der Waals surface area contributed by atoms with Gasteiger partial charge in [0.25, 0.3) is 0 Å². The molecule has 0 N–H and O–H groups in total. The molecule has 2 fully saturated rings. The third-order valence-electron chi connectivity index (χ3n) is 2.93. The first-order valence-electron chi connectivity index (χ1n) is 4.31. The number of hydrogen-bond donors (Lipinski definition) is 0. The van der Waals surface area contributed by atoms with E-state index < -0.39 is 21.8 Å². The predicted octanol–water partition coefficient (Wildman–Crippen LogP) is 3.21. The van der Waals surface area contributed by atoms with Gasteiger partial charge in [-0.3, -0.25) is 0 Å². The van der Waals surface area contributed by atoms with Gasteiger partial charge in [-0.25, -0.2) is 0 Å². The first-order chi connectivity index (χ1) is 4.47. The molecule has 0 amide bonds. The van der Waals surface area contributed by atoms with Gasteiger partial charge in [-0.1, -0.05) is 0 Å². The molecule has 0 aromatic rings. The predicted molar refractivity (Wildman–Crippen MR) is 36.4 cm³/mol. The van der Waals surface area contributed by atoms with E-state index in [0.717, 1.165) is 0 Å². The molecule has 1 atom stereocenters. The molecular formula is C8H15Zr. The molecule has 2 rings (SSSR count). The Hall–Kier alpha value is 0.883. The fourth-order valence-electron chi connectivity index (χ4n) is 2.40. The molecule has 2 saturated heterocycles. The Morgan fingerprint density at radius 2 is 1.67 bits per heavy atom. The van der Waals surface area contributed by atoms with Crippen LogP contribution in [-0.2, 0) is 21.8 Å². The molecule has 51 valence electrons. The van der Waals surface area contributed by atoms with Crippen LogP contribution < -0.4 is 0 Å². The quantitative estimate of drug-likeness (QED) is 0.566. The van der Waals surface area contributed by atoms with Crippen LogP contribution in [0.2, 0.25) is 11.9 Å². The zero-order valence-corrected chi connectivity index (χ0v) is 8.49. The molecule has 0 nitrogen and oxygen atoms in total. The van der Waals surface area contributed by atoms with E-state index in [2.05, 4.69) is 0 Å². The molecule has 0 spiro atoms. The number of rotatable bonds is 0. The van der Waals surface area contributed by atoms with Crippen LogP contribution in [0.4, 0.5) is 0 Å². The van der Waals surface area contributed by atoms with Crippen LogP contribution in [0, 0.1) is 0 Å². The topological polar surface area (TPSA) is 0 Å². The Kier molecular flexibility index (Phi) is 2.10. The Morgan fingerprint density at radius 3 is 2.56 bits per heavy atom. The molecule has 0 aromatic heterocycles. The molecule has 0 aromatic carbocycles. The van der Waals surface area contributed by atoms with Gasteiger partial charge >= 0.3 is 65.7 Å². The van der Waals surface area contributed by atoms with Crippen LogP contribution in [-0.4, -0.2) is 0 Å². The third kappa shape index (κ3) is 1.32. The van der Waals surface area contributed by atoms with Crippen molar-refractivity contribution < 1.29 is 21.8 Å². The van der Waals surface area contributed by atoms with Crippen molar-refractivity contribution in [2.75, 3.05) is 0 Å². The normalized spacial score (nSPS) is 34.7. The summed E-state index contributed by atoms with van der Waals surface area (Å²) >= 11 is -0.610. The molecule has 0 bridgehead atoms. The monoisotopic (exact) mass is 201 g/mol. The van der Waals surface area contributed by atoms with E-state index in [1.165, 1.54) is 3.63 Å². The van der Waals surface area contributed by atoms with Crippen LogP contribution in [0.1, 0.15) is 32.1 Å². The van der Waals surface area contributed by atoms with Crippen molar-refractivity contribution in [3.63, 3.8) is 0 Å². The minimum atomic E-state index is -0.610. The molecule has 1 heteroatoms. The average Bonchev–Trinajstić information content (AvgIpc) is 2.33. The van der Waals surface area contributed by atoms with E-state index in [1.54, 1.807) is 40.4 Å². The van der Waals surface area contributed by atoms with E-state index in [-0.39, 0.29) is 0 Å². The Morgan fingerprint density at radius 1 is 0.889 bits per heavy atom. The summed E-state index contributed by atoms with van der Waals surface area (Å²) < 4.78 is 4.88. The van der Waals surface area contributed by atoms with Gasteiger partial charge in [-0.15, -0.1) is 0 Å². The molecular weight excluding hydrogens is 187 g/mol. The molecule has 2 aliphatic rings. The number of fused-ring (bicyclic) bond motifs is 1. The van der Waals surface area contributed by atoms with E-state index in [0.29, 0.717) is 0 Å². The maximum absolute atomic E-state index is 1.76. The second-order valence-electron chi connectivity index (χ2n) is 3.49. The van der Waals surface area contributed by atoms with E-state index >= 15 is 0 Å². The maximum atomic E-state index is 1.76. The van der Waals surface area contributed by atoms with Crippen LogP contribution in [0.15, 0.2) is 0 Å². The van der Waals surface area contributed by atoms with Crippen LogP contribution in [0.5, 0.6) is 0 Å². The summed E-state index contributed by atoms with van der Waals surface area (Å²) in [6, 6.07) is 0. The van der Waals surface area contributed by atoms with Gasteiger partial charge in [0.2, 0.25) is 0 Å². The van der Waals surface area contributed by atoms with E-state index in [4.69, 9.17) is 0 Å². The van der Waals surface area contributed by atoms with Gasteiger partial charge in [0, 0.05) is 0 Å². The average molecular weight is 202 g/mol. The van der Waals surface area contributed by atoms with Gasteiger partial charge in [0.1, 0.15) is 0 Å². The van der Waals surface area contributed by atoms with E-state index in [9.17, 15) is 0 Å². The van der Waals surface area contributed by atoms with Gasteiger partial charge in [0.05, 0.1) is 0 Å². The SMILES string of the molecule is C1C[CH2][Zr]2[CH2]CC[CH]2C1. The molecule has 2 heterocycles. The third-order valence-corrected chi connectivity index (χ3v) is 12.1. The van der Waals surface area contributed by atoms with Crippen molar-refractivity contribution in [2.24, 2.45) is 0 Å². The van der Waals surface area contributed by atoms with Crippen LogP contribution in [0.25, 0.3) is 0 Å². The van der Waals surface area contributed by atoms with Gasteiger partial charge in [0.15, 0.2) is 0 Å². The molecule has 2 aliphatic heterocycles. The molecule has 0 radical (unpaired) electrons. The van der Waals surface area contributed by atoms with Crippen molar-refractivity contribution in [1.82, 2.24) is 0 Å². The van der Waals surface area contributed by atoms with Crippen LogP contribution >= 0.6 is 0 Å². The fraction of sp³-hybridized carbons (Fsp3) is 1.00. The first kappa shape index (κ1) is 6.58.